The second-order valence-corrected chi connectivity index (χ2v) is 4.24. The van der Waals surface area contributed by atoms with Crippen molar-refractivity contribution >= 4 is 11.8 Å². The molecule has 1 heterocycles. The summed E-state index contributed by atoms with van der Waals surface area (Å²) in [5.41, 5.74) is -0.361. The quantitative estimate of drug-likeness (QED) is 0.716. The van der Waals surface area contributed by atoms with Crippen molar-refractivity contribution in [3.05, 3.63) is 22.7 Å². The summed E-state index contributed by atoms with van der Waals surface area (Å²) in [6.07, 6.45) is 2.39. The highest BCUT2D eigenvalue weighted by atomic mass is 32.2. The molecule has 0 amide bonds. The third kappa shape index (κ3) is 2.04. The van der Waals surface area contributed by atoms with Gasteiger partial charge in [0.2, 0.25) is 5.43 Å². The van der Waals surface area contributed by atoms with Crippen LogP contribution in [0, 0.1) is 0 Å². The van der Waals surface area contributed by atoms with E-state index in [1.54, 1.807) is 0 Å². The van der Waals surface area contributed by atoms with E-state index in [1.165, 1.54) is 18.0 Å². The van der Waals surface area contributed by atoms with Crippen molar-refractivity contribution in [2.75, 3.05) is 0 Å². The molecule has 0 saturated carbocycles. The van der Waals surface area contributed by atoms with Gasteiger partial charge in [0.25, 0.3) is 0 Å². The third-order valence-electron chi connectivity index (χ3n) is 1.17. The first-order chi connectivity index (χ1) is 5.61. The first kappa shape index (κ1) is 9.19. The van der Waals surface area contributed by atoms with Crippen LogP contribution in [0.2, 0.25) is 0 Å². The molecule has 0 aliphatic rings. The van der Waals surface area contributed by atoms with Crippen LogP contribution in [0.5, 0.6) is 5.75 Å². The summed E-state index contributed by atoms with van der Waals surface area (Å²) in [7, 11) is 0. The normalized spacial score (nSPS) is 10.6. The van der Waals surface area contributed by atoms with E-state index in [-0.39, 0.29) is 11.2 Å². The fourth-order valence-electron chi connectivity index (χ4n) is 0.729. The Balaban J connectivity index is 3.01. The summed E-state index contributed by atoms with van der Waals surface area (Å²) in [6, 6.07) is 0. The molecule has 0 radical (unpaired) electrons. The van der Waals surface area contributed by atoms with Crippen LogP contribution in [-0.2, 0) is 0 Å². The molecule has 0 atom stereocenters. The van der Waals surface area contributed by atoms with Crippen LogP contribution in [0.3, 0.4) is 0 Å². The Bertz CT molecular complexity index is 316. The minimum absolute atomic E-state index is 0.301. The largest absolute Gasteiger partial charge is 0.502 e. The Hall–Kier alpha value is -0.900. The van der Waals surface area contributed by atoms with E-state index >= 15 is 0 Å². The zero-order chi connectivity index (χ0) is 9.14. The van der Waals surface area contributed by atoms with Crippen molar-refractivity contribution in [3.8, 4) is 5.75 Å². The molecule has 0 aromatic carbocycles. The van der Waals surface area contributed by atoms with Crippen LogP contribution in [0.1, 0.15) is 13.8 Å². The van der Waals surface area contributed by atoms with Gasteiger partial charge in [-0.15, -0.1) is 11.8 Å². The molecule has 1 aromatic heterocycles. The van der Waals surface area contributed by atoms with Gasteiger partial charge in [-0.3, -0.25) is 4.79 Å². The standard InChI is InChI=1S/C8H10O3S/c1-5(2)12-7-4-11-3-6(9)8(7)10/h3-5,9H,1-2H3. The van der Waals surface area contributed by atoms with Gasteiger partial charge in [0.15, 0.2) is 5.75 Å². The summed E-state index contributed by atoms with van der Waals surface area (Å²) in [5, 5.41) is 9.29. The maximum Gasteiger partial charge on any atom is 0.240 e. The van der Waals surface area contributed by atoms with Gasteiger partial charge in [-0.2, -0.15) is 0 Å². The lowest BCUT2D eigenvalue weighted by Gasteiger charge is -2.02. The number of thioether (sulfide) groups is 1. The number of aromatic hydroxyl groups is 1. The molecule has 4 heteroatoms. The molecule has 0 spiro atoms. The van der Waals surface area contributed by atoms with E-state index in [2.05, 4.69) is 0 Å². The molecular weight excluding hydrogens is 176 g/mol. The van der Waals surface area contributed by atoms with Crippen LogP contribution in [0.25, 0.3) is 0 Å². The number of hydrogen-bond acceptors (Lipinski definition) is 4. The molecule has 66 valence electrons. The van der Waals surface area contributed by atoms with Crippen molar-refractivity contribution in [2.24, 2.45) is 0 Å². The Morgan fingerprint density at radius 1 is 1.50 bits per heavy atom. The molecule has 0 aliphatic heterocycles. The Labute approximate surface area is 74.4 Å². The second-order valence-electron chi connectivity index (χ2n) is 2.62. The van der Waals surface area contributed by atoms with Gasteiger partial charge in [0.1, 0.15) is 12.5 Å². The molecule has 1 N–H and O–H groups in total. The van der Waals surface area contributed by atoms with E-state index in [0.29, 0.717) is 10.1 Å². The summed E-state index contributed by atoms with van der Waals surface area (Å²) in [6.45, 7) is 3.93. The molecule has 3 nitrogen and oxygen atoms in total. The van der Waals surface area contributed by atoms with E-state index in [4.69, 9.17) is 9.52 Å². The molecule has 1 aromatic rings. The van der Waals surface area contributed by atoms with E-state index in [1.807, 2.05) is 13.8 Å². The molecule has 0 aliphatic carbocycles. The highest BCUT2D eigenvalue weighted by Gasteiger charge is 2.07. The minimum Gasteiger partial charge on any atom is -0.502 e. The SMILES string of the molecule is CC(C)Sc1cocc(O)c1=O. The van der Waals surface area contributed by atoms with Gasteiger partial charge in [-0.05, 0) is 0 Å². The summed E-state index contributed by atoms with van der Waals surface area (Å²) in [5.74, 6) is -0.333. The first-order valence-electron chi connectivity index (χ1n) is 3.57. The van der Waals surface area contributed by atoms with Crippen molar-refractivity contribution in [2.45, 2.75) is 24.0 Å². The molecule has 0 fully saturated rings. The van der Waals surface area contributed by atoms with Crippen LogP contribution < -0.4 is 5.43 Å². The van der Waals surface area contributed by atoms with Crippen molar-refractivity contribution in [3.63, 3.8) is 0 Å². The zero-order valence-electron chi connectivity index (χ0n) is 6.90. The number of hydrogen-bond donors (Lipinski definition) is 1. The maximum atomic E-state index is 11.2. The summed E-state index contributed by atoms with van der Waals surface area (Å²) >= 11 is 1.37. The lowest BCUT2D eigenvalue weighted by Crippen LogP contribution is -2.03. The van der Waals surface area contributed by atoms with Gasteiger partial charge in [-0.25, -0.2) is 0 Å². The number of rotatable bonds is 2. The molecule has 12 heavy (non-hydrogen) atoms. The Kier molecular flexibility index (Phi) is 2.81. The first-order valence-corrected chi connectivity index (χ1v) is 4.45. The zero-order valence-corrected chi connectivity index (χ0v) is 7.72. The Morgan fingerprint density at radius 2 is 2.17 bits per heavy atom. The van der Waals surface area contributed by atoms with Gasteiger partial charge in [0, 0.05) is 5.25 Å². The fraction of sp³-hybridized carbons (Fsp3) is 0.375. The highest BCUT2D eigenvalue weighted by molar-refractivity contribution is 7.99. The summed E-state index contributed by atoms with van der Waals surface area (Å²) in [4.78, 5) is 11.6. The van der Waals surface area contributed by atoms with Crippen molar-refractivity contribution in [1.82, 2.24) is 0 Å². The maximum absolute atomic E-state index is 11.2. The van der Waals surface area contributed by atoms with E-state index < -0.39 is 0 Å². The predicted octanol–water partition coefficient (Wildman–Crippen LogP) is 1.85. The summed E-state index contributed by atoms with van der Waals surface area (Å²) < 4.78 is 4.75. The molecule has 0 bridgehead atoms. The van der Waals surface area contributed by atoms with Crippen molar-refractivity contribution in [1.29, 1.82) is 0 Å². The average molecular weight is 186 g/mol. The van der Waals surface area contributed by atoms with Gasteiger partial charge >= 0.3 is 0 Å². The lowest BCUT2D eigenvalue weighted by atomic mass is 10.5. The van der Waals surface area contributed by atoms with Crippen LogP contribution in [0.4, 0.5) is 0 Å². The Morgan fingerprint density at radius 3 is 2.75 bits per heavy atom. The van der Waals surface area contributed by atoms with Crippen LogP contribution in [0.15, 0.2) is 26.6 Å². The molecular formula is C8H10O3S. The minimum atomic E-state index is -0.361. The van der Waals surface area contributed by atoms with Gasteiger partial charge in [0.05, 0.1) is 4.90 Å². The topological polar surface area (TPSA) is 50.4 Å². The lowest BCUT2D eigenvalue weighted by molar-refractivity contribution is 0.422. The van der Waals surface area contributed by atoms with Crippen molar-refractivity contribution < 1.29 is 9.52 Å². The van der Waals surface area contributed by atoms with Crippen LogP contribution in [-0.4, -0.2) is 10.4 Å². The molecule has 1 rings (SSSR count). The molecule has 0 saturated heterocycles. The van der Waals surface area contributed by atoms with Gasteiger partial charge < -0.3 is 9.52 Å². The second kappa shape index (κ2) is 3.67. The van der Waals surface area contributed by atoms with Crippen LogP contribution >= 0.6 is 11.8 Å². The van der Waals surface area contributed by atoms with Gasteiger partial charge in [-0.1, -0.05) is 13.8 Å². The fourth-order valence-corrected chi connectivity index (χ4v) is 1.56. The average Bonchev–Trinajstić information content (AvgIpc) is 1.98. The molecule has 0 unspecified atom stereocenters. The van der Waals surface area contributed by atoms with E-state index in [0.717, 1.165) is 6.26 Å². The highest BCUT2D eigenvalue weighted by Crippen LogP contribution is 2.20. The van der Waals surface area contributed by atoms with E-state index in [9.17, 15) is 4.79 Å². The third-order valence-corrected chi connectivity index (χ3v) is 2.18. The predicted molar refractivity (Wildman–Crippen MR) is 47.6 cm³/mol. The monoisotopic (exact) mass is 186 g/mol. The smallest absolute Gasteiger partial charge is 0.240 e.